The Balaban J connectivity index is 2.68. The Morgan fingerprint density at radius 2 is 1.55 bits per heavy atom. The molecule has 0 saturated heterocycles. The number of carbonyl (C=O) groups excluding carboxylic acids is 7. The Morgan fingerprint density at radius 1 is 0.919 bits per heavy atom. The number of nitrogens with zero attached hydrogens (tertiary/aromatic N) is 2. The number of rotatable bonds is 10. The molecule has 0 aromatic heterocycles. The van der Waals surface area contributed by atoms with Gasteiger partial charge in [-0.1, -0.05) is 83.5 Å². The molecule has 3 N–H and O–H groups in total. The fourth-order valence-corrected chi connectivity index (χ4v) is 7.22. The smallest absolute Gasteiger partial charge is 0.334 e. The van der Waals surface area contributed by atoms with E-state index < -0.39 is 96.4 Å². The molecule has 1 aliphatic rings. The Hall–Kier alpha value is -4.70. The third kappa shape index (κ3) is 16.2. The van der Waals surface area contributed by atoms with Crippen molar-refractivity contribution in [1.82, 2.24) is 25.8 Å². The van der Waals surface area contributed by atoms with Gasteiger partial charge in [0, 0.05) is 32.0 Å². The average Bonchev–Trinajstić information content (AvgIpc) is 3.24. The molecule has 0 fully saturated rings. The van der Waals surface area contributed by atoms with Gasteiger partial charge in [-0.05, 0) is 76.7 Å². The van der Waals surface area contributed by atoms with Crippen molar-refractivity contribution in [2.75, 3.05) is 32.8 Å². The number of likely N-dealkylation sites (N-methyl/N-ethyl adjacent to an activating group) is 2. The van der Waals surface area contributed by atoms with Crippen molar-refractivity contribution in [2.45, 2.75) is 137 Å². The predicted molar refractivity (Wildman–Crippen MR) is 240 cm³/mol. The van der Waals surface area contributed by atoms with Crippen LogP contribution in [0.25, 0.3) is 0 Å². The summed E-state index contributed by atoms with van der Waals surface area (Å²) in [6, 6.07) is 4.65. The monoisotopic (exact) mass is 885 g/mol. The van der Waals surface area contributed by atoms with Crippen molar-refractivity contribution in [2.24, 2.45) is 17.8 Å². The third-order valence-corrected chi connectivity index (χ3v) is 11.6. The first-order chi connectivity index (χ1) is 29.2. The molecular weight excluding hydrogens is 815 g/mol. The Bertz CT molecular complexity index is 1750. The van der Waals surface area contributed by atoms with Gasteiger partial charge in [-0.25, -0.2) is 9.59 Å². The number of carbonyl (C=O) groups is 7. The van der Waals surface area contributed by atoms with Gasteiger partial charge < -0.3 is 40.0 Å². The highest BCUT2D eigenvalue weighted by Gasteiger charge is 2.37. The maximum absolute atomic E-state index is 14.2. The standard InChI is InChI=1S/C46H71N5O10S/c1-14-28(5)39-42(54)48-33(10)46(58)61-40(29(6)15-2)31(8)36(59-26-62-13)22-21-30(7)45(57)60-37(23-27(3)4)41(53)47-32(9)43(55)51(12)35(24-34-19-17-16-18-20-34)44(56)50(11)25-38(52)49-39/h15-21,27-28,31-33,35-37,39-40H,14,22-26H2,1-13H3,(H,47,53)(H,48,54)(H,49,52)/b29-15+,30-21+/t28-,31-,32+,33+,35+,36-,37+,39-,40+/m0/s1. The van der Waals surface area contributed by atoms with E-state index in [1.807, 2.05) is 72.1 Å². The lowest BCUT2D eigenvalue weighted by Gasteiger charge is -2.33. The summed E-state index contributed by atoms with van der Waals surface area (Å²) in [5.41, 5.74) is 1.71. The second-order valence-corrected chi connectivity index (χ2v) is 17.6. The van der Waals surface area contributed by atoms with Crippen molar-refractivity contribution in [3.05, 3.63) is 59.2 Å². The Kier molecular flexibility index (Phi) is 22.5. The first-order valence-electron chi connectivity index (χ1n) is 21.4. The summed E-state index contributed by atoms with van der Waals surface area (Å²) in [5, 5.41) is 8.17. The zero-order valence-corrected chi connectivity index (χ0v) is 39.8. The molecule has 5 amide bonds. The number of hydrogen-bond donors (Lipinski definition) is 3. The summed E-state index contributed by atoms with van der Waals surface area (Å²) in [6.07, 6.45) is 3.83. The number of amides is 5. The van der Waals surface area contributed by atoms with Gasteiger partial charge in [0.15, 0.2) is 6.10 Å². The normalized spacial score (nSPS) is 28.0. The lowest BCUT2D eigenvalue weighted by Crippen LogP contribution is -2.57. The lowest BCUT2D eigenvalue weighted by molar-refractivity contribution is -0.155. The maximum atomic E-state index is 14.2. The zero-order valence-electron chi connectivity index (χ0n) is 38.9. The molecule has 1 heterocycles. The molecule has 1 aliphatic heterocycles. The van der Waals surface area contributed by atoms with Gasteiger partial charge in [-0.15, -0.1) is 11.8 Å². The number of nitrogens with one attached hydrogen (secondary N) is 3. The van der Waals surface area contributed by atoms with E-state index in [1.165, 1.54) is 49.5 Å². The quantitative estimate of drug-likeness (QED) is 0.170. The van der Waals surface area contributed by atoms with Crippen LogP contribution in [0.1, 0.15) is 94.1 Å². The van der Waals surface area contributed by atoms with Crippen molar-refractivity contribution < 1.29 is 47.8 Å². The molecule has 1 aromatic rings. The average molecular weight is 886 g/mol. The molecule has 2 rings (SSSR count). The van der Waals surface area contributed by atoms with E-state index in [2.05, 4.69) is 16.0 Å². The highest BCUT2D eigenvalue weighted by molar-refractivity contribution is 7.98. The van der Waals surface area contributed by atoms with Gasteiger partial charge in [0.2, 0.25) is 23.6 Å². The van der Waals surface area contributed by atoms with Crippen molar-refractivity contribution in [1.29, 1.82) is 0 Å². The molecule has 0 radical (unpaired) electrons. The predicted octanol–water partition coefficient (Wildman–Crippen LogP) is 4.58. The SMILES string of the molecule is C/C=C(\C)[C@H]1OC(=O)[C@@H](C)NC(=O)[C@H]([C@@H](C)CC)NC(=O)CN(C)C(=O)[C@@H](Cc2ccccc2)N(C)C(=O)[C@@H](C)NC(=O)[C@@H](CC(C)C)OC(=O)/C(C)=C/C[C@H](OCSC)[C@@H]1C. The zero-order chi connectivity index (χ0) is 46.8. The highest BCUT2D eigenvalue weighted by Crippen LogP contribution is 2.26. The van der Waals surface area contributed by atoms with E-state index in [0.29, 0.717) is 12.4 Å². The number of allylic oxidation sites excluding steroid dienone is 1. The van der Waals surface area contributed by atoms with Gasteiger partial charge in [-0.2, -0.15) is 0 Å². The number of ether oxygens (including phenoxy) is 3. The van der Waals surface area contributed by atoms with Crippen molar-refractivity contribution >= 4 is 53.2 Å². The molecule has 346 valence electrons. The van der Waals surface area contributed by atoms with Gasteiger partial charge in [-0.3, -0.25) is 24.0 Å². The Morgan fingerprint density at radius 3 is 2.13 bits per heavy atom. The van der Waals surface area contributed by atoms with Crippen LogP contribution < -0.4 is 16.0 Å². The van der Waals surface area contributed by atoms with Crippen molar-refractivity contribution in [3.63, 3.8) is 0 Å². The fraction of sp³-hybridized carbons (Fsp3) is 0.630. The summed E-state index contributed by atoms with van der Waals surface area (Å²) in [4.78, 5) is 99.0. The minimum absolute atomic E-state index is 0.0614. The molecule has 16 heteroatoms. The second kappa shape index (κ2) is 26.0. The number of cyclic esters (lactones) is 2. The largest absolute Gasteiger partial charge is 0.456 e. The summed E-state index contributed by atoms with van der Waals surface area (Å²) in [7, 11) is 2.88. The van der Waals surface area contributed by atoms with Crippen LogP contribution in [0, 0.1) is 17.8 Å². The van der Waals surface area contributed by atoms with Crippen LogP contribution >= 0.6 is 11.8 Å². The van der Waals surface area contributed by atoms with Gasteiger partial charge in [0.25, 0.3) is 5.91 Å². The first-order valence-corrected chi connectivity index (χ1v) is 22.8. The highest BCUT2D eigenvalue weighted by atomic mass is 32.2. The molecule has 62 heavy (non-hydrogen) atoms. The number of hydrogen-bond acceptors (Lipinski definition) is 11. The van der Waals surface area contributed by atoms with Crippen LogP contribution in [-0.4, -0.2) is 127 Å². The molecular formula is C46H71N5O10S. The van der Waals surface area contributed by atoms with Gasteiger partial charge in [0.1, 0.15) is 30.3 Å². The van der Waals surface area contributed by atoms with E-state index in [-0.39, 0.29) is 36.7 Å². The second-order valence-electron chi connectivity index (χ2n) is 16.7. The van der Waals surface area contributed by atoms with Gasteiger partial charge in [0.05, 0.1) is 18.6 Å². The number of benzene rings is 1. The first kappa shape index (κ1) is 53.4. The summed E-state index contributed by atoms with van der Waals surface area (Å²) in [5.74, 6) is -5.02. The lowest BCUT2D eigenvalue weighted by atomic mass is 9.90. The maximum Gasteiger partial charge on any atom is 0.334 e. The topological polar surface area (TPSA) is 190 Å². The van der Waals surface area contributed by atoms with E-state index in [9.17, 15) is 33.6 Å². The van der Waals surface area contributed by atoms with E-state index >= 15 is 0 Å². The van der Waals surface area contributed by atoms with E-state index in [0.717, 1.165) is 11.1 Å². The van der Waals surface area contributed by atoms with E-state index in [4.69, 9.17) is 14.2 Å². The summed E-state index contributed by atoms with van der Waals surface area (Å²) in [6.45, 7) is 17.1. The fourth-order valence-electron chi connectivity index (χ4n) is 6.91. The minimum atomic E-state index is -1.23. The molecule has 0 unspecified atom stereocenters. The van der Waals surface area contributed by atoms with Crippen LogP contribution in [0.15, 0.2) is 53.6 Å². The molecule has 0 saturated carbocycles. The van der Waals surface area contributed by atoms with Crippen LogP contribution in [0.3, 0.4) is 0 Å². The van der Waals surface area contributed by atoms with E-state index in [1.54, 1.807) is 32.1 Å². The van der Waals surface area contributed by atoms with Crippen LogP contribution in [0.4, 0.5) is 0 Å². The Labute approximate surface area is 372 Å². The van der Waals surface area contributed by atoms with Crippen LogP contribution in [-0.2, 0) is 54.2 Å². The minimum Gasteiger partial charge on any atom is -0.456 e. The third-order valence-electron chi connectivity index (χ3n) is 11.2. The molecule has 0 aliphatic carbocycles. The number of esters is 2. The summed E-state index contributed by atoms with van der Waals surface area (Å²) < 4.78 is 18.1. The number of thioether (sulfide) groups is 1. The summed E-state index contributed by atoms with van der Waals surface area (Å²) >= 11 is 1.46. The molecule has 1 aromatic carbocycles. The molecule has 0 bridgehead atoms. The van der Waals surface area contributed by atoms with Crippen LogP contribution in [0.5, 0.6) is 0 Å². The van der Waals surface area contributed by atoms with Gasteiger partial charge >= 0.3 is 11.9 Å². The molecule has 9 atom stereocenters. The van der Waals surface area contributed by atoms with Crippen molar-refractivity contribution in [3.8, 4) is 0 Å². The molecule has 15 nitrogen and oxygen atoms in total. The molecule has 0 spiro atoms. The van der Waals surface area contributed by atoms with Crippen LogP contribution in [0.2, 0.25) is 0 Å².